The summed E-state index contributed by atoms with van der Waals surface area (Å²) in [6.07, 6.45) is 1.43. The van der Waals surface area contributed by atoms with Gasteiger partial charge < -0.3 is 19.4 Å². The minimum absolute atomic E-state index is 0.209. The van der Waals surface area contributed by atoms with E-state index in [0.29, 0.717) is 37.3 Å². The number of oxazole rings is 1. The minimum atomic E-state index is -0.209. The van der Waals surface area contributed by atoms with E-state index in [4.69, 9.17) is 9.15 Å². The Morgan fingerprint density at radius 3 is 2.54 bits per heavy atom. The Morgan fingerprint density at radius 2 is 1.93 bits per heavy atom. The topological polar surface area (TPSA) is 70.8 Å². The van der Waals surface area contributed by atoms with Crippen molar-refractivity contribution in [3.05, 3.63) is 47.7 Å². The molecule has 0 fully saturated rings. The maximum absolute atomic E-state index is 12.2. The molecular formula is C21H32N4O3. The van der Waals surface area contributed by atoms with Crippen LogP contribution in [-0.2, 0) is 13.1 Å². The normalized spacial score (nSPS) is 11.4. The summed E-state index contributed by atoms with van der Waals surface area (Å²) < 4.78 is 11.0. The predicted octanol–water partition coefficient (Wildman–Crippen LogP) is 2.78. The molecule has 7 nitrogen and oxygen atoms in total. The molecule has 0 saturated heterocycles. The van der Waals surface area contributed by atoms with Crippen LogP contribution in [0.3, 0.4) is 0 Å². The van der Waals surface area contributed by atoms with Crippen molar-refractivity contribution >= 4 is 5.91 Å². The van der Waals surface area contributed by atoms with Gasteiger partial charge in [-0.2, -0.15) is 0 Å². The number of carbonyl (C=O) groups excluding carboxylic acids is 1. The van der Waals surface area contributed by atoms with Gasteiger partial charge in [0.25, 0.3) is 5.91 Å². The number of amides is 1. The molecule has 0 spiro atoms. The van der Waals surface area contributed by atoms with Crippen LogP contribution in [0, 0.1) is 0 Å². The third-order valence-corrected chi connectivity index (χ3v) is 4.32. The van der Waals surface area contributed by atoms with Gasteiger partial charge in [-0.1, -0.05) is 12.1 Å². The van der Waals surface area contributed by atoms with E-state index in [1.807, 2.05) is 38.1 Å². The van der Waals surface area contributed by atoms with Crippen LogP contribution in [0.15, 0.2) is 34.9 Å². The number of carbonyl (C=O) groups is 1. The van der Waals surface area contributed by atoms with Crippen molar-refractivity contribution in [3.63, 3.8) is 0 Å². The fraction of sp³-hybridized carbons (Fsp3) is 0.524. The summed E-state index contributed by atoms with van der Waals surface area (Å²) in [4.78, 5) is 20.8. The van der Waals surface area contributed by atoms with Crippen LogP contribution in [0.25, 0.3) is 0 Å². The van der Waals surface area contributed by atoms with E-state index >= 15 is 0 Å². The second kappa shape index (κ2) is 10.8. The van der Waals surface area contributed by atoms with Crippen LogP contribution in [-0.4, -0.2) is 60.5 Å². The Labute approximate surface area is 167 Å². The molecule has 0 atom stereocenters. The van der Waals surface area contributed by atoms with Gasteiger partial charge in [0, 0.05) is 25.7 Å². The second-order valence-corrected chi connectivity index (χ2v) is 7.26. The van der Waals surface area contributed by atoms with E-state index in [0.717, 1.165) is 18.8 Å². The Hall–Kier alpha value is -2.38. The van der Waals surface area contributed by atoms with Crippen LogP contribution in [0.1, 0.15) is 42.7 Å². The van der Waals surface area contributed by atoms with E-state index < -0.39 is 0 Å². The molecule has 1 aromatic carbocycles. The maximum atomic E-state index is 12.2. The number of hydrogen-bond donors (Lipinski definition) is 1. The number of ether oxygens (including phenoxy) is 1. The molecule has 0 saturated carbocycles. The van der Waals surface area contributed by atoms with Crippen LogP contribution in [0.5, 0.6) is 5.75 Å². The maximum Gasteiger partial charge on any atom is 0.273 e. The van der Waals surface area contributed by atoms with Gasteiger partial charge >= 0.3 is 0 Å². The molecule has 0 bridgehead atoms. The first kappa shape index (κ1) is 21.9. The van der Waals surface area contributed by atoms with E-state index in [1.54, 1.807) is 0 Å². The smallest absolute Gasteiger partial charge is 0.273 e. The van der Waals surface area contributed by atoms with Crippen LogP contribution < -0.4 is 10.1 Å². The third kappa shape index (κ3) is 6.98. The zero-order valence-electron chi connectivity index (χ0n) is 17.6. The largest absolute Gasteiger partial charge is 0.494 e. The number of nitrogens with one attached hydrogen (secondary N) is 1. The standard InChI is InChI=1S/C21H32N4O3/c1-6-27-18-9-7-17(8-10-18)13-25(16(2)3)14-20-23-19(15-28-20)21(26)22-11-12-24(4)5/h7-10,15-16H,6,11-14H2,1-5H3,(H,22,26). The molecule has 1 heterocycles. The number of rotatable bonds is 11. The third-order valence-electron chi connectivity index (χ3n) is 4.32. The number of nitrogens with zero attached hydrogens (tertiary/aromatic N) is 3. The van der Waals surface area contributed by atoms with Crippen molar-refractivity contribution in [1.29, 1.82) is 0 Å². The van der Waals surface area contributed by atoms with Crippen molar-refractivity contribution in [3.8, 4) is 5.75 Å². The van der Waals surface area contributed by atoms with Crippen LogP contribution in [0.2, 0.25) is 0 Å². The van der Waals surface area contributed by atoms with Gasteiger partial charge in [0.05, 0.1) is 13.2 Å². The van der Waals surface area contributed by atoms with Gasteiger partial charge in [0.15, 0.2) is 5.69 Å². The molecule has 0 aliphatic carbocycles. The van der Waals surface area contributed by atoms with E-state index in [2.05, 4.69) is 41.2 Å². The van der Waals surface area contributed by atoms with Gasteiger partial charge in [-0.25, -0.2) is 4.98 Å². The average molecular weight is 389 g/mol. The molecule has 28 heavy (non-hydrogen) atoms. The van der Waals surface area contributed by atoms with E-state index in [9.17, 15) is 4.79 Å². The predicted molar refractivity (Wildman–Crippen MR) is 109 cm³/mol. The summed E-state index contributed by atoms with van der Waals surface area (Å²) in [5, 5.41) is 2.85. The number of hydrogen-bond acceptors (Lipinski definition) is 6. The molecule has 0 aliphatic rings. The Kier molecular flexibility index (Phi) is 8.47. The summed E-state index contributed by atoms with van der Waals surface area (Å²) in [7, 11) is 3.93. The van der Waals surface area contributed by atoms with Gasteiger partial charge in [-0.3, -0.25) is 9.69 Å². The highest BCUT2D eigenvalue weighted by Crippen LogP contribution is 2.17. The monoisotopic (exact) mass is 388 g/mol. The first-order valence-electron chi connectivity index (χ1n) is 9.72. The molecule has 2 rings (SSSR count). The zero-order valence-corrected chi connectivity index (χ0v) is 17.6. The van der Waals surface area contributed by atoms with E-state index in [-0.39, 0.29) is 5.91 Å². The van der Waals surface area contributed by atoms with E-state index in [1.165, 1.54) is 11.8 Å². The molecule has 7 heteroatoms. The van der Waals surface area contributed by atoms with Gasteiger partial charge in [-0.05, 0) is 52.6 Å². The lowest BCUT2D eigenvalue weighted by atomic mass is 10.2. The lowest BCUT2D eigenvalue weighted by Crippen LogP contribution is -2.32. The Bertz CT molecular complexity index is 726. The lowest BCUT2D eigenvalue weighted by molar-refractivity contribution is 0.0946. The molecule has 2 aromatic rings. The summed E-state index contributed by atoms with van der Waals surface area (Å²) in [5.74, 6) is 1.21. The highest BCUT2D eigenvalue weighted by molar-refractivity contribution is 5.91. The van der Waals surface area contributed by atoms with Gasteiger partial charge in [-0.15, -0.1) is 0 Å². The summed E-state index contributed by atoms with van der Waals surface area (Å²) >= 11 is 0. The fourth-order valence-electron chi connectivity index (χ4n) is 2.66. The lowest BCUT2D eigenvalue weighted by Gasteiger charge is -2.25. The van der Waals surface area contributed by atoms with Crippen molar-refractivity contribution < 1.29 is 13.9 Å². The van der Waals surface area contributed by atoms with Crippen LogP contribution in [0.4, 0.5) is 0 Å². The minimum Gasteiger partial charge on any atom is -0.494 e. The summed E-state index contributed by atoms with van der Waals surface area (Å²) in [6.45, 7) is 9.54. The van der Waals surface area contributed by atoms with Crippen LogP contribution >= 0.6 is 0 Å². The molecule has 1 amide bonds. The summed E-state index contributed by atoms with van der Waals surface area (Å²) in [6, 6.07) is 8.41. The van der Waals surface area contributed by atoms with Crippen molar-refractivity contribution in [2.45, 2.75) is 39.9 Å². The first-order chi connectivity index (χ1) is 13.4. The highest BCUT2D eigenvalue weighted by atomic mass is 16.5. The molecule has 154 valence electrons. The number of likely N-dealkylation sites (N-methyl/N-ethyl adjacent to an activating group) is 1. The Balaban J connectivity index is 1.95. The summed E-state index contributed by atoms with van der Waals surface area (Å²) in [5.41, 5.74) is 1.50. The zero-order chi connectivity index (χ0) is 20.5. The first-order valence-corrected chi connectivity index (χ1v) is 9.72. The van der Waals surface area contributed by atoms with Gasteiger partial charge in [0.1, 0.15) is 12.0 Å². The molecular weight excluding hydrogens is 356 g/mol. The SMILES string of the molecule is CCOc1ccc(CN(Cc2nc(C(=O)NCCN(C)C)co2)C(C)C)cc1. The number of benzene rings is 1. The quantitative estimate of drug-likeness (QED) is 0.638. The fourth-order valence-corrected chi connectivity index (χ4v) is 2.66. The highest BCUT2D eigenvalue weighted by Gasteiger charge is 2.17. The molecule has 0 radical (unpaired) electrons. The molecule has 0 unspecified atom stereocenters. The second-order valence-electron chi connectivity index (χ2n) is 7.26. The molecule has 1 N–H and O–H groups in total. The molecule has 0 aliphatic heterocycles. The van der Waals surface area contributed by atoms with Gasteiger partial charge in [0.2, 0.25) is 5.89 Å². The van der Waals surface area contributed by atoms with Crippen molar-refractivity contribution in [2.75, 3.05) is 33.8 Å². The number of aromatic nitrogens is 1. The average Bonchev–Trinajstić information content (AvgIpc) is 3.11. The molecule has 1 aromatic heterocycles. The van der Waals surface area contributed by atoms with Crippen molar-refractivity contribution in [1.82, 2.24) is 20.1 Å². The Morgan fingerprint density at radius 1 is 1.21 bits per heavy atom. The van der Waals surface area contributed by atoms with Crippen molar-refractivity contribution in [2.24, 2.45) is 0 Å².